The van der Waals surface area contributed by atoms with Crippen molar-refractivity contribution in [3.63, 3.8) is 0 Å². The average Bonchev–Trinajstić information content (AvgIpc) is 2.39. The van der Waals surface area contributed by atoms with Gasteiger partial charge < -0.3 is 14.7 Å². The van der Waals surface area contributed by atoms with Crippen LogP contribution in [0.4, 0.5) is 4.79 Å². The summed E-state index contributed by atoms with van der Waals surface area (Å²) in [5, 5.41) is 10.6. The number of hydrogen-bond acceptors (Lipinski definition) is 5. The Morgan fingerprint density at radius 2 is 1.91 bits per heavy atom. The van der Waals surface area contributed by atoms with Crippen LogP contribution in [0.2, 0.25) is 0 Å². The summed E-state index contributed by atoms with van der Waals surface area (Å²) >= 11 is 0. The number of hydrogen-bond donors (Lipinski definition) is 2. The molecule has 4 aliphatic carbocycles. The third-order valence-electron chi connectivity index (χ3n) is 5.26. The van der Waals surface area contributed by atoms with Crippen molar-refractivity contribution < 1.29 is 24.3 Å². The molecule has 4 bridgehead atoms. The molecule has 0 spiro atoms. The van der Waals surface area contributed by atoms with E-state index in [2.05, 4.69) is 11.4 Å². The van der Waals surface area contributed by atoms with Crippen molar-refractivity contribution in [1.82, 2.24) is 5.48 Å². The minimum Gasteiger partial charge on any atom is -0.432 e. The molecule has 22 heavy (non-hydrogen) atoms. The smallest absolute Gasteiger partial charge is 0.432 e. The fourth-order valence-electron chi connectivity index (χ4n) is 4.99. The first-order valence-corrected chi connectivity index (χ1v) is 7.81. The maximum Gasteiger partial charge on any atom is 0.533 e. The minimum atomic E-state index is -0.919. The largest absolute Gasteiger partial charge is 0.533 e. The zero-order valence-electron chi connectivity index (χ0n) is 12.9. The third kappa shape index (κ3) is 2.97. The summed E-state index contributed by atoms with van der Waals surface area (Å²) in [4.78, 5) is 27.4. The van der Waals surface area contributed by atoms with E-state index in [0.29, 0.717) is 18.3 Å². The van der Waals surface area contributed by atoms with Crippen LogP contribution >= 0.6 is 0 Å². The van der Waals surface area contributed by atoms with Gasteiger partial charge in [0.05, 0.1) is 5.60 Å². The summed E-state index contributed by atoms with van der Waals surface area (Å²) in [5.74, 6) is 0.518. The van der Waals surface area contributed by atoms with E-state index in [4.69, 9.17) is 4.74 Å². The number of amides is 1. The molecule has 6 nitrogen and oxygen atoms in total. The summed E-state index contributed by atoms with van der Waals surface area (Å²) in [6.45, 7) is 5.20. The number of rotatable bonds is 3. The quantitative estimate of drug-likeness (QED) is 0.473. The first-order valence-electron chi connectivity index (χ1n) is 7.81. The van der Waals surface area contributed by atoms with Gasteiger partial charge in [0, 0.05) is 11.0 Å². The lowest BCUT2D eigenvalue weighted by atomic mass is 9.48. The van der Waals surface area contributed by atoms with Crippen molar-refractivity contribution in [2.45, 2.75) is 51.0 Å². The molecule has 0 aliphatic heterocycles. The van der Waals surface area contributed by atoms with E-state index in [-0.39, 0.29) is 17.6 Å². The molecule has 0 saturated heterocycles. The van der Waals surface area contributed by atoms with Gasteiger partial charge in [0.2, 0.25) is 0 Å². The Bertz CT molecular complexity index is 501. The topological polar surface area (TPSA) is 84.9 Å². The minimum absolute atomic E-state index is 0.129. The van der Waals surface area contributed by atoms with E-state index in [9.17, 15) is 14.7 Å². The highest BCUT2D eigenvalue weighted by Gasteiger charge is 2.57. The van der Waals surface area contributed by atoms with Crippen LogP contribution in [-0.2, 0) is 14.4 Å². The van der Waals surface area contributed by atoms with Crippen LogP contribution in [0.25, 0.3) is 0 Å². The lowest BCUT2D eigenvalue weighted by Gasteiger charge is -2.59. The molecule has 4 rings (SSSR count). The summed E-state index contributed by atoms with van der Waals surface area (Å²) in [6, 6.07) is 0. The molecule has 0 aromatic heterocycles. The van der Waals surface area contributed by atoms with Gasteiger partial charge in [-0.2, -0.15) is 5.48 Å². The first-order chi connectivity index (χ1) is 10.3. The lowest BCUT2D eigenvalue weighted by molar-refractivity contribution is -0.178. The van der Waals surface area contributed by atoms with Gasteiger partial charge in [-0.25, -0.2) is 4.79 Å². The molecule has 122 valence electrons. The summed E-state index contributed by atoms with van der Waals surface area (Å²) in [5.41, 5.74) is 1.53. The predicted octanol–water partition coefficient (Wildman–Crippen LogP) is 2.08. The molecule has 2 N–H and O–H groups in total. The van der Waals surface area contributed by atoms with Crippen molar-refractivity contribution in [1.29, 1.82) is 0 Å². The van der Waals surface area contributed by atoms with Crippen LogP contribution in [-0.4, -0.2) is 29.4 Å². The lowest BCUT2D eigenvalue weighted by Crippen LogP contribution is -2.57. The molecule has 1 amide bonds. The van der Waals surface area contributed by atoms with E-state index in [0.717, 1.165) is 25.7 Å². The third-order valence-corrected chi connectivity index (χ3v) is 5.26. The molecular weight excluding hydrogens is 286 g/mol. The number of carbonyl (C=O) groups excluding carboxylic acids is 2. The Morgan fingerprint density at radius 3 is 2.45 bits per heavy atom. The van der Waals surface area contributed by atoms with Gasteiger partial charge in [-0.05, 0) is 57.3 Å². The van der Waals surface area contributed by atoms with Gasteiger partial charge in [0.1, 0.15) is 6.61 Å². The molecule has 0 radical (unpaired) electrons. The second kappa shape index (κ2) is 5.26. The maximum absolute atomic E-state index is 11.6. The van der Waals surface area contributed by atoms with Gasteiger partial charge in [-0.3, -0.25) is 4.79 Å². The molecule has 0 heterocycles. The number of ether oxygens (including phenoxy) is 1. The van der Waals surface area contributed by atoms with Crippen LogP contribution in [0, 0.1) is 17.3 Å². The molecule has 2 atom stereocenters. The summed E-state index contributed by atoms with van der Waals surface area (Å²) in [6.07, 6.45) is 4.71. The fraction of sp³-hybridized carbons (Fsp3) is 0.750. The maximum atomic E-state index is 11.6. The monoisotopic (exact) mass is 309 g/mol. The number of carbonyl (C=O) groups is 2. The second-order valence-corrected chi connectivity index (χ2v) is 7.54. The van der Waals surface area contributed by atoms with Gasteiger partial charge in [0.15, 0.2) is 0 Å². The number of nitrogens with one attached hydrogen (secondary N) is 1. The SMILES string of the molecule is C=C(C)C(=O)NOC(=O)OCC12CC3CC(CC(O)(C3)C1)C2. The van der Waals surface area contributed by atoms with Crippen molar-refractivity contribution in [3.8, 4) is 0 Å². The normalized spacial score (nSPS) is 38.5. The van der Waals surface area contributed by atoms with E-state index >= 15 is 0 Å². The van der Waals surface area contributed by atoms with Crippen molar-refractivity contribution >= 4 is 12.1 Å². The van der Waals surface area contributed by atoms with Crippen LogP contribution in [0.5, 0.6) is 0 Å². The van der Waals surface area contributed by atoms with E-state index in [1.165, 1.54) is 13.3 Å². The molecule has 2 unspecified atom stereocenters. The highest BCUT2D eigenvalue weighted by atomic mass is 16.8. The molecule has 4 fully saturated rings. The Morgan fingerprint density at radius 1 is 1.27 bits per heavy atom. The first kappa shape index (κ1) is 15.3. The standard InChI is InChI=1S/C16H23NO5/c1-10(2)13(18)17-22-14(19)21-9-15-4-11-3-12(5-15)7-16(20,6-11)8-15/h11-12,20H,1,3-9H2,2H3,(H,17,18). The van der Waals surface area contributed by atoms with Crippen LogP contribution in [0.3, 0.4) is 0 Å². The van der Waals surface area contributed by atoms with Crippen molar-refractivity contribution in [2.24, 2.45) is 17.3 Å². The molecule has 4 aliphatic rings. The van der Waals surface area contributed by atoms with Gasteiger partial charge in [-0.15, -0.1) is 0 Å². The molecule has 6 heteroatoms. The fourth-order valence-corrected chi connectivity index (χ4v) is 4.99. The van der Waals surface area contributed by atoms with Crippen molar-refractivity contribution in [2.75, 3.05) is 6.61 Å². The van der Waals surface area contributed by atoms with Crippen LogP contribution in [0.1, 0.15) is 45.4 Å². The van der Waals surface area contributed by atoms with E-state index in [1.54, 1.807) is 0 Å². The zero-order chi connectivity index (χ0) is 16.0. The second-order valence-electron chi connectivity index (χ2n) is 7.54. The van der Waals surface area contributed by atoms with Crippen molar-refractivity contribution in [3.05, 3.63) is 12.2 Å². The predicted molar refractivity (Wildman–Crippen MR) is 77.5 cm³/mol. The van der Waals surface area contributed by atoms with Gasteiger partial charge >= 0.3 is 6.16 Å². The Hall–Kier alpha value is -1.56. The highest BCUT2D eigenvalue weighted by molar-refractivity contribution is 5.91. The van der Waals surface area contributed by atoms with Crippen LogP contribution < -0.4 is 5.48 Å². The number of hydroxylamine groups is 1. The average molecular weight is 309 g/mol. The highest BCUT2D eigenvalue weighted by Crippen LogP contribution is 2.61. The van der Waals surface area contributed by atoms with E-state index in [1.807, 2.05) is 5.48 Å². The Kier molecular flexibility index (Phi) is 3.67. The van der Waals surface area contributed by atoms with Gasteiger partial charge in [-0.1, -0.05) is 6.58 Å². The number of aliphatic hydroxyl groups is 1. The molecule has 0 aromatic carbocycles. The Balaban J connectivity index is 1.52. The molecule has 0 aromatic rings. The van der Waals surface area contributed by atoms with Gasteiger partial charge in [0.25, 0.3) is 5.91 Å². The Labute approximate surface area is 129 Å². The summed E-state index contributed by atoms with van der Waals surface area (Å²) < 4.78 is 5.19. The van der Waals surface area contributed by atoms with E-state index < -0.39 is 17.7 Å². The molecule has 4 saturated carbocycles. The van der Waals surface area contributed by atoms with Crippen LogP contribution in [0.15, 0.2) is 12.2 Å². The summed E-state index contributed by atoms with van der Waals surface area (Å²) in [7, 11) is 0. The molecular formula is C16H23NO5. The zero-order valence-corrected chi connectivity index (χ0v) is 12.9.